The molecular weight excluding hydrogens is 206 g/mol. The Morgan fingerprint density at radius 2 is 1.86 bits per heavy atom. The predicted octanol–water partition coefficient (Wildman–Crippen LogP) is -0.0249. The molecule has 0 aromatic rings. The molecule has 0 bridgehead atoms. The van der Waals surface area contributed by atoms with Gasteiger partial charge in [0.15, 0.2) is 0 Å². The van der Waals surface area contributed by atoms with Gasteiger partial charge < -0.3 is 4.90 Å². The molecule has 0 aromatic heterocycles. The van der Waals surface area contributed by atoms with E-state index < -0.39 is 10.1 Å². The third-order valence-electron chi connectivity index (χ3n) is 2.11. The molecule has 5 nitrogen and oxygen atoms in total. The van der Waals surface area contributed by atoms with Gasteiger partial charge in [0, 0.05) is 13.1 Å². The summed E-state index contributed by atoms with van der Waals surface area (Å²) < 4.78 is 25.7. The van der Waals surface area contributed by atoms with Gasteiger partial charge in [-0.1, -0.05) is 0 Å². The first-order valence-corrected chi connectivity index (χ1v) is 6.43. The van der Waals surface area contributed by atoms with Crippen molar-refractivity contribution in [3.63, 3.8) is 0 Å². The highest BCUT2D eigenvalue weighted by Crippen LogP contribution is 2.08. The van der Waals surface area contributed by atoms with Gasteiger partial charge >= 0.3 is 0 Å². The second-order valence-electron chi connectivity index (χ2n) is 3.41. The van der Waals surface area contributed by atoms with Crippen LogP contribution in [0.1, 0.15) is 19.3 Å². The number of likely N-dealkylation sites (tertiary alicyclic amines) is 1. The highest BCUT2D eigenvalue weighted by molar-refractivity contribution is 7.86. The number of hydrogen-bond acceptors (Lipinski definition) is 4. The first-order chi connectivity index (χ1) is 6.49. The van der Waals surface area contributed by atoms with Crippen molar-refractivity contribution in [3.8, 4) is 0 Å². The fourth-order valence-electron chi connectivity index (χ4n) is 1.39. The van der Waals surface area contributed by atoms with Crippen molar-refractivity contribution >= 4 is 16.0 Å². The quantitative estimate of drug-likeness (QED) is 0.628. The summed E-state index contributed by atoms with van der Waals surface area (Å²) in [5, 5.41) is 0. The average Bonchev–Trinajstić information content (AvgIpc) is 2.14. The van der Waals surface area contributed by atoms with Crippen LogP contribution >= 0.6 is 0 Å². The van der Waals surface area contributed by atoms with Crippen LogP contribution in [0.4, 0.5) is 0 Å². The molecule has 1 amide bonds. The number of amides is 1. The first-order valence-electron chi connectivity index (χ1n) is 4.61. The van der Waals surface area contributed by atoms with Gasteiger partial charge in [0.25, 0.3) is 10.1 Å². The predicted molar refractivity (Wildman–Crippen MR) is 51.2 cm³/mol. The Labute approximate surface area is 84.2 Å². The molecule has 0 radical (unpaired) electrons. The Morgan fingerprint density at radius 1 is 1.29 bits per heavy atom. The highest BCUT2D eigenvalue weighted by Gasteiger charge is 2.17. The number of piperidine rings is 1. The lowest BCUT2D eigenvalue weighted by Crippen LogP contribution is -2.38. The molecule has 0 N–H and O–H groups in total. The Hall–Kier alpha value is -0.620. The van der Waals surface area contributed by atoms with Gasteiger partial charge in [-0.2, -0.15) is 8.42 Å². The van der Waals surface area contributed by atoms with Crippen molar-refractivity contribution in [2.24, 2.45) is 0 Å². The van der Waals surface area contributed by atoms with Gasteiger partial charge in [0.1, 0.15) is 6.61 Å². The van der Waals surface area contributed by atoms with Crippen molar-refractivity contribution in [2.75, 3.05) is 26.0 Å². The number of carbonyl (C=O) groups excluding carboxylic acids is 1. The third kappa shape index (κ3) is 4.06. The van der Waals surface area contributed by atoms with Crippen LogP contribution in [0.15, 0.2) is 0 Å². The van der Waals surface area contributed by atoms with E-state index in [0.29, 0.717) is 13.1 Å². The molecular formula is C8H15NO4S. The number of nitrogens with zero attached hydrogens (tertiary/aromatic N) is 1. The van der Waals surface area contributed by atoms with Crippen molar-refractivity contribution in [3.05, 3.63) is 0 Å². The number of rotatable bonds is 3. The zero-order valence-corrected chi connectivity index (χ0v) is 9.05. The SMILES string of the molecule is CS(=O)(=O)OCC(=O)N1CCCCC1. The molecule has 1 rings (SSSR count). The Morgan fingerprint density at radius 3 is 2.36 bits per heavy atom. The summed E-state index contributed by atoms with van der Waals surface area (Å²) in [5.41, 5.74) is 0. The zero-order valence-electron chi connectivity index (χ0n) is 8.23. The van der Waals surface area contributed by atoms with E-state index in [9.17, 15) is 13.2 Å². The average molecular weight is 221 g/mol. The van der Waals surface area contributed by atoms with E-state index in [-0.39, 0.29) is 12.5 Å². The number of carbonyl (C=O) groups is 1. The van der Waals surface area contributed by atoms with Gasteiger partial charge in [-0.25, -0.2) is 0 Å². The minimum Gasteiger partial charge on any atom is -0.341 e. The maximum absolute atomic E-state index is 11.4. The minimum atomic E-state index is -3.51. The maximum Gasteiger partial charge on any atom is 0.264 e. The second kappa shape index (κ2) is 4.75. The van der Waals surface area contributed by atoms with Gasteiger partial charge in [0.05, 0.1) is 6.26 Å². The van der Waals surface area contributed by atoms with E-state index in [1.807, 2.05) is 0 Å². The van der Waals surface area contributed by atoms with Gasteiger partial charge in [-0.3, -0.25) is 8.98 Å². The summed E-state index contributed by atoms with van der Waals surface area (Å²) in [6.07, 6.45) is 4.06. The zero-order chi connectivity index (χ0) is 10.6. The molecule has 0 unspecified atom stereocenters. The van der Waals surface area contributed by atoms with Crippen molar-refractivity contribution in [2.45, 2.75) is 19.3 Å². The summed E-state index contributed by atoms with van der Waals surface area (Å²) in [5.74, 6) is -0.241. The lowest BCUT2D eigenvalue weighted by molar-refractivity contribution is -0.134. The van der Waals surface area contributed by atoms with Crippen LogP contribution in [-0.4, -0.2) is 45.2 Å². The van der Waals surface area contributed by atoms with Crippen molar-refractivity contribution < 1.29 is 17.4 Å². The van der Waals surface area contributed by atoms with Gasteiger partial charge in [-0.15, -0.1) is 0 Å². The molecule has 0 aliphatic carbocycles. The van der Waals surface area contributed by atoms with Gasteiger partial charge in [0.2, 0.25) is 5.91 Å². The molecule has 0 spiro atoms. The molecule has 1 fully saturated rings. The molecule has 0 saturated carbocycles. The van der Waals surface area contributed by atoms with E-state index in [4.69, 9.17) is 0 Å². The Bertz CT molecular complexity index is 292. The maximum atomic E-state index is 11.4. The van der Waals surface area contributed by atoms with E-state index in [1.54, 1.807) is 4.90 Å². The minimum absolute atomic E-state index is 0.241. The van der Waals surface area contributed by atoms with Crippen LogP contribution in [0, 0.1) is 0 Å². The Kier molecular flexibility index (Phi) is 3.88. The van der Waals surface area contributed by atoms with E-state index in [1.165, 1.54) is 0 Å². The first kappa shape index (κ1) is 11.5. The van der Waals surface area contributed by atoms with Crippen LogP contribution in [-0.2, 0) is 19.1 Å². The van der Waals surface area contributed by atoms with Crippen LogP contribution in [0.5, 0.6) is 0 Å². The van der Waals surface area contributed by atoms with Crippen LogP contribution in [0.3, 0.4) is 0 Å². The summed E-state index contributed by atoms with van der Waals surface area (Å²) in [6, 6.07) is 0. The standard InChI is InChI=1S/C8H15NO4S/c1-14(11,12)13-7-8(10)9-5-3-2-4-6-9/h2-7H2,1H3. The van der Waals surface area contributed by atoms with E-state index >= 15 is 0 Å². The second-order valence-corrected chi connectivity index (χ2v) is 5.05. The van der Waals surface area contributed by atoms with Crippen LogP contribution in [0.25, 0.3) is 0 Å². The molecule has 1 aliphatic rings. The molecule has 0 atom stereocenters. The smallest absolute Gasteiger partial charge is 0.264 e. The van der Waals surface area contributed by atoms with Crippen LogP contribution in [0.2, 0.25) is 0 Å². The molecule has 14 heavy (non-hydrogen) atoms. The van der Waals surface area contributed by atoms with Crippen molar-refractivity contribution in [1.29, 1.82) is 0 Å². The fourth-order valence-corrected chi connectivity index (χ4v) is 1.71. The number of hydrogen-bond donors (Lipinski definition) is 0. The molecule has 1 saturated heterocycles. The Balaban J connectivity index is 2.34. The lowest BCUT2D eigenvalue weighted by Gasteiger charge is -2.26. The van der Waals surface area contributed by atoms with E-state index in [2.05, 4.69) is 4.18 Å². The van der Waals surface area contributed by atoms with Gasteiger partial charge in [-0.05, 0) is 19.3 Å². The topological polar surface area (TPSA) is 63.7 Å². The molecule has 6 heteroatoms. The summed E-state index contributed by atoms with van der Waals surface area (Å²) in [6.45, 7) is 1.07. The monoisotopic (exact) mass is 221 g/mol. The molecule has 82 valence electrons. The molecule has 1 aliphatic heterocycles. The summed E-state index contributed by atoms with van der Waals surface area (Å²) in [7, 11) is -3.51. The third-order valence-corrected chi connectivity index (χ3v) is 2.65. The highest BCUT2D eigenvalue weighted by atomic mass is 32.2. The molecule has 1 heterocycles. The van der Waals surface area contributed by atoms with Crippen LogP contribution < -0.4 is 0 Å². The van der Waals surface area contributed by atoms with Crippen molar-refractivity contribution in [1.82, 2.24) is 4.90 Å². The normalized spacial score (nSPS) is 18.2. The van der Waals surface area contributed by atoms with E-state index in [0.717, 1.165) is 25.5 Å². The largest absolute Gasteiger partial charge is 0.341 e. The molecule has 0 aromatic carbocycles. The lowest BCUT2D eigenvalue weighted by atomic mass is 10.1. The summed E-state index contributed by atoms with van der Waals surface area (Å²) in [4.78, 5) is 13.0. The summed E-state index contributed by atoms with van der Waals surface area (Å²) >= 11 is 0. The fraction of sp³-hybridized carbons (Fsp3) is 0.875.